The second-order valence-corrected chi connectivity index (χ2v) is 10.8. The molecule has 4 N–H and O–H groups in total. The molecule has 0 radical (unpaired) electrons. The second kappa shape index (κ2) is 6.73. The third-order valence-electron chi connectivity index (χ3n) is 9.80. The molecule has 0 bridgehead atoms. The summed E-state index contributed by atoms with van der Waals surface area (Å²) < 4.78 is 5.09. The van der Waals surface area contributed by atoms with Gasteiger partial charge in [0.05, 0.1) is 35.1 Å². The molecule has 1 aromatic rings. The Hall–Kier alpha value is -1.54. The number of aliphatic hydroxyl groups is 4. The molecule has 1 aromatic heterocycles. The van der Waals surface area contributed by atoms with Gasteiger partial charge in [-0.3, -0.25) is 0 Å². The van der Waals surface area contributed by atoms with Gasteiger partial charge in [-0.05, 0) is 68.4 Å². The summed E-state index contributed by atoms with van der Waals surface area (Å²) in [6, 6.07) is 3.12. The van der Waals surface area contributed by atoms with Crippen LogP contribution in [0.25, 0.3) is 0 Å². The lowest BCUT2D eigenvalue weighted by Crippen LogP contribution is -2.71. The first-order chi connectivity index (χ1) is 14.6. The first-order valence-electron chi connectivity index (χ1n) is 11.5. The Kier molecular flexibility index (Phi) is 4.63. The SMILES string of the molecule is C[C@]12C[C@@H](O)[C@H]3[C@@H](CC[C@]4(O)C[C@@H](O)CC[C@]34C=O)[C@@]1(O)CC[C@@H]2c1ccc(=O)oc1. The summed E-state index contributed by atoms with van der Waals surface area (Å²) in [4.78, 5) is 24.0. The Morgan fingerprint density at radius 2 is 1.84 bits per heavy atom. The van der Waals surface area contributed by atoms with Gasteiger partial charge < -0.3 is 29.6 Å². The molecule has 170 valence electrons. The van der Waals surface area contributed by atoms with Crippen LogP contribution in [0.4, 0.5) is 0 Å². The average Bonchev–Trinajstić information content (AvgIpc) is 2.99. The fourth-order valence-corrected chi connectivity index (χ4v) is 8.32. The van der Waals surface area contributed by atoms with Gasteiger partial charge in [-0.15, -0.1) is 0 Å². The monoisotopic (exact) mass is 432 g/mol. The number of carbonyl (C=O) groups excluding carboxylic acids is 1. The molecule has 31 heavy (non-hydrogen) atoms. The molecule has 5 rings (SSSR count). The van der Waals surface area contributed by atoms with Crippen LogP contribution >= 0.6 is 0 Å². The average molecular weight is 433 g/mol. The quantitative estimate of drug-likeness (QED) is 0.522. The van der Waals surface area contributed by atoms with Gasteiger partial charge in [0, 0.05) is 23.8 Å². The van der Waals surface area contributed by atoms with Crippen LogP contribution in [0, 0.1) is 22.7 Å². The number of rotatable bonds is 2. The molecule has 4 saturated carbocycles. The van der Waals surface area contributed by atoms with E-state index in [9.17, 15) is 30.0 Å². The van der Waals surface area contributed by atoms with Crippen LogP contribution in [0.3, 0.4) is 0 Å². The maximum absolute atomic E-state index is 12.5. The Labute approximate surface area is 181 Å². The fourth-order valence-electron chi connectivity index (χ4n) is 8.32. The normalized spacial score (nSPS) is 51.5. The van der Waals surface area contributed by atoms with Crippen LogP contribution in [-0.2, 0) is 4.79 Å². The van der Waals surface area contributed by atoms with E-state index in [0.717, 1.165) is 11.8 Å². The molecule has 0 amide bonds. The maximum Gasteiger partial charge on any atom is 0.335 e. The van der Waals surface area contributed by atoms with Gasteiger partial charge >= 0.3 is 5.63 Å². The Bertz CT molecular complexity index is 924. The zero-order valence-corrected chi connectivity index (χ0v) is 17.9. The molecule has 0 spiro atoms. The standard InChI is InChI=1S/C24H32O7/c1-21-11-18(27)20-17(5-8-23(29)10-15(26)4-7-22(20,23)13-25)24(21,30)9-6-16(21)14-2-3-19(28)31-12-14/h2-3,12-13,15-18,20,26-27,29-30H,4-11H2,1H3/t15-,16+,17+,18+,20+,21+,22-,23-,24-/m0/s1. The summed E-state index contributed by atoms with van der Waals surface area (Å²) in [6.45, 7) is 1.99. The number of aliphatic hydroxyl groups excluding tert-OH is 2. The van der Waals surface area contributed by atoms with Crippen molar-refractivity contribution in [3.05, 3.63) is 34.4 Å². The summed E-state index contributed by atoms with van der Waals surface area (Å²) in [5.74, 6) is -0.969. The number of carbonyl (C=O) groups is 1. The van der Waals surface area contributed by atoms with E-state index in [1.54, 1.807) is 6.07 Å². The van der Waals surface area contributed by atoms with Crippen molar-refractivity contribution in [3.63, 3.8) is 0 Å². The molecule has 1 heterocycles. The van der Waals surface area contributed by atoms with Gasteiger partial charge in [-0.2, -0.15) is 0 Å². The van der Waals surface area contributed by atoms with E-state index in [2.05, 4.69) is 0 Å². The molecule has 0 aliphatic heterocycles. The van der Waals surface area contributed by atoms with Gasteiger partial charge in [0.2, 0.25) is 0 Å². The van der Waals surface area contributed by atoms with Crippen LogP contribution in [0.1, 0.15) is 69.8 Å². The van der Waals surface area contributed by atoms with Crippen LogP contribution in [0.15, 0.2) is 27.6 Å². The zero-order chi connectivity index (χ0) is 22.2. The van der Waals surface area contributed by atoms with Crippen LogP contribution in [0.5, 0.6) is 0 Å². The van der Waals surface area contributed by atoms with E-state index >= 15 is 0 Å². The minimum absolute atomic E-state index is 0.0846. The number of fused-ring (bicyclic) bond motifs is 5. The highest BCUT2D eigenvalue weighted by molar-refractivity contribution is 5.64. The van der Waals surface area contributed by atoms with Crippen molar-refractivity contribution in [2.75, 3.05) is 0 Å². The van der Waals surface area contributed by atoms with Crippen LogP contribution in [0.2, 0.25) is 0 Å². The number of aldehydes is 1. The summed E-state index contributed by atoms with van der Waals surface area (Å²) in [5, 5.41) is 45.3. The smallest absolute Gasteiger partial charge is 0.335 e. The molecule has 4 fully saturated rings. The molecule has 0 saturated heterocycles. The molecular weight excluding hydrogens is 400 g/mol. The third-order valence-corrected chi connectivity index (χ3v) is 9.80. The van der Waals surface area contributed by atoms with E-state index in [4.69, 9.17) is 4.42 Å². The number of hydrogen-bond acceptors (Lipinski definition) is 7. The van der Waals surface area contributed by atoms with E-state index in [1.807, 2.05) is 6.92 Å². The van der Waals surface area contributed by atoms with E-state index < -0.39 is 45.8 Å². The highest BCUT2D eigenvalue weighted by Crippen LogP contribution is 2.70. The molecule has 4 aliphatic rings. The van der Waals surface area contributed by atoms with Gasteiger partial charge in [-0.25, -0.2) is 4.79 Å². The van der Waals surface area contributed by atoms with Crippen molar-refractivity contribution in [2.45, 2.75) is 87.6 Å². The first-order valence-corrected chi connectivity index (χ1v) is 11.5. The summed E-state index contributed by atoms with van der Waals surface area (Å²) in [5.41, 5.74) is -3.87. The van der Waals surface area contributed by atoms with Crippen molar-refractivity contribution in [2.24, 2.45) is 22.7 Å². The van der Waals surface area contributed by atoms with Crippen LogP contribution in [-0.4, -0.2) is 50.1 Å². The largest absolute Gasteiger partial charge is 0.431 e. The van der Waals surface area contributed by atoms with Gasteiger partial charge in [0.15, 0.2) is 0 Å². The van der Waals surface area contributed by atoms with E-state index in [0.29, 0.717) is 44.9 Å². The van der Waals surface area contributed by atoms with Crippen molar-refractivity contribution >= 4 is 6.29 Å². The Morgan fingerprint density at radius 1 is 1.06 bits per heavy atom. The molecule has 0 aromatic carbocycles. The maximum atomic E-state index is 12.5. The first kappa shape index (κ1) is 21.3. The van der Waals surface area contributed by atoms with Gasteiger partial charge in [-0.1, -0.05) is 6.92 Å². The van der Waals surface area contributed by atoms with Gasteiger partial charge in [0.25, 0.3) is 0 Å². The van der Waals surface area contributed by atoms with Crippen molar-refractivity contribution in [1.29, 1.82) is 0 Å². The van der Waals surface area contributed by atoms with Gasteiger partial charge in [0.1, 0.15) is 6.29 Å². The topological polar surface area (TPSA) is 128 Å². The summed E-state index contributed by atoms with van der Waals surface area (Å²) in [7, 11) is 0. The van der Waals surface area contributed by atoms with Crippen molar-refractivity contribution in [1.82, 2.24) is 0 Å². The molecule has 0 unspecified atom stereocenters. The fraction of sp³-hybridized carbons (Fsp3) is 0.750. The lowest BCUT2D eigenvalue weighted by molar-refractivity contribution is -0.271. The lowest BCUT2D eigenvalue weighted by atomic mass is 9.41. The zero-order valence-electron chi connectivity index (χ0n) is 17.9. The van der Waals surface area contributed by atoms with E-state index in [-0.39, 0.29) is 18.3 Å². The minimum atomic E-state index is -1.36. The van der Waals surface area contributed by atoms with Crippen molar-refractivity contribution in [3.8, 4) is 0 Å². The molecule has 4 aliphatic carbocycles. The Morgan fingerprint density at radius 3 is 2.52 bits per heavy atom. The molecule has 9 atom stereocenters. The summed E-state index contributed by atoms with van der Waals surface area (Å²) >= 11 is 0. The second-order valence-electron chi connectivity index (χ2n) is 10.8. The molecule has 7 nitrogen and oxygen atoms in total. The van der Waals surface area contributed by atoms with Crippen LogP contribution < -0.4 is 5.63 Å². The Balaban J connectivity index is 1.57. The highest BCUT2D eigenvalue weighted by atomic mass is 16.4. The van der Waals surface area contributed by atoms with Crippen molar-refractivity contribution < 1.29 is 29.6 Å². The predicted octanol–water partition coefficient (Wildman–Crippen LogP) is 1.51. The predicted molar refractivity (Wildman–Crippen MR) is 110 cm³/mol. The molecular formula is C24H32O7. The highest BCUT2D eigenvalue weighted by Gasteiger charge is 2.73. The molecule has 7 heteroatoms. The lowest BCUT2D eigenvalue weighted by Gasteiger charge is -2.66. The number of hydrogen-bond donors (Lipinski definition) is 4. The summed E-state index contributed by atoms with van der Waals surface area (Å²) in [6.07, 6.45) is 3.90. The third kappa shape index (κ3) is 2.60. The van der Waals surface area contributed by atoms with E-state index in [1.165, 1.54) is 12.3 Å². The minimum Gasteiger partial charge on any atom is -0.431 e.